The van der Waals surface area contributed by atoms with Crippen molar-refractivity contribution in [2.45, 2.75) is 31.7 Å². The molecular formula is C16H25N3O2S. The number of rotatable bonds is 6. The lowest BCUT2D eigenvalue weighted by Crippen LogP contribution is -2.42. The zero-order valence-electron chi connectivity index (χ0n) is 13.4. The van der Waals surface area contributed by atoms with E-state index < -0.39 is 0 Å². The summed E-state index contributed by atoms with van der Waals surface area (Å²) in [4.78, 5) is 29.1. The van der Waals surface area contributed by atoms with Gasteiger partial charge in [0.1, 0.15) is 0 Å². The van der Waals surface area contributed by atoms with Gasteiger partial charge in [0.15, 0.2) is 0 Å². The molecule has 2 amide bonds. The third-order valence-corrected chi connectivity index (χ3v) is 4.97. The van der Waals surface area contributed by atoms with E-state index in [0.29, 0.717) is 19.5 Å². The lowest BCUT2D eigenvalue weighted by atomic mass is 10.2. The minimum atomic E-state index is -0.0707. The maximum atomic E-state index is 12.1. The van der Waals surface area contributed by atoms with E-state index in [4.69, 9.17) is 0 Å². The van der Waals surface area contributed by atoms with Crippen LogP contribution in [0.1, 0.15) is 36.6 Å². The first kappa shape index (κ1) is 17.0. The first-order chi connectivity index (χ1) is 10.6. The first-order valence-electron chi connectivity index (χ1n) is 7.82. The highest BCUT2D eigenvalue weighted by Crippen LogP contribution is 2.22. The molecule has 122 valence electrons. The van der Waals surface area contributed by atoms with Crippen LogP contribution in [-0.4, -0.2) is 55.3 Å². The van der Waals surface area contributed by atoms with Crippen LogP contribution >= 0.6 is 11.3 Å². The molecule has 0 saturated carbocycles. The Bertz CT molecular complexity index is 488. The maximum absolute atomic E-state index is 12.1. The van der Waals surface area contributed by atoms with Gasteiger partial charge >= 0.3 is 0 Å². The second-order valence-corrected chi connectivity index (χ2v) is 6.90. The van der Waals surface area contributed by atoms with Crippen molar-refractivity contribution < 1.29 is 9.59 Å². The highest BCUT2D eigenvalue weighted by atomic mass is 32.1. The number of amides is 2. The van der Waals surface area contributed by atoms with Gasteiger partial charge < -0.3 is 15.1 Å². The van der Waals surface area contributed by atoms with E-state index in [1.165, 1.54) is 4.88 Å². The van der Waals surface area contributed by atoms with Crippen molar-refractivity contribution in [1.29, 1.82) is 0 Å². The fraction of sp³-hybridized carbons (Fsp3) is 0.625. The Hall–Kier alpha value is -1.40. The molecule has 6 heteroatoms. The summed E-state index contributed by atoms with van der Waals surface area (Å²) in [5, 5.41) is 5.02. The van der Waals surface area contributed by atoms with Gasteiger partial charge in [-0.3, -0.25) is 9.59 Å². The molecule has 1 saturated heterocycles. The topological polar surface area (TPSA) is 52.7 Å². The summed E-state index contributed by atoms with van der Waals surface area (Å²) in [5.41, 5.74) is 0. The van der Waals surface area contributed by atoms with Gasteiger partial charge in [0.2, 0.25) is 11.8 Å². The standard InChI is InChI=1S/C16H25N3O2S/c1-18(2)13(14-7-6-10-22-14)11-17-15(20)12-19-9-5-3-4-8-16(19)21/h6-7,10,13H,3-5,8-9,11-12H2,1-2H3,(H,17,20). The number of nitrogens with zero attached hydrogens (tertiary/aromatic N) is 2. The Labute approximate surface area is 136 Å². The summed E-state index contributed by atoms with van der Waals surface area (Å²) in [5.74, 6) is 0.0359. The fourth-order valence-electron chi connectivity index (χ4n) is 2.66. The molecule has 0 spiro atoms. The zero-order chi connectivity index (χ0) is 15.9. The minimum Gasteiger partial charge on any atom is -0.353 e. The van der Waals surface area contributed by atoms with Gasteiger partial charge in [-0.2, -0.15) is 0 Å². The zero-order valence-corrected chi connectivity index (χ0v) is 14.2. The van der Waals surface area contributed by atoms with Crippen LogP contribution in [0.4, 0.5) is 0 Å². The molecule has 1 fully saturated rings. The van der Waals surface area contributed by atoms with Gasteiger partial charge in [-0.25, -0.2) is 0 Å². The Balaban J connectivity index is 1.84. The third-order valence-electron chi connectivity index (χ3n) is 3.99. The molecule has 2 rings (SSSR count). The van der Waals surface area contributed by atoms with E-state index >= 15 is 0 Å². The SMILES string of the molecule is CN(C)C(CNC(=O)CN1CCCCCC1=O)c1cccs1. The van der Waals surface area contributed by atoms with Crippen LogP contribution in [0, 0.1) is 0 Å². The quantitative estimate of drug-likeness (QED) is 0.869. The Morgan fingerprint density at radius 2 is 2.23 bits per heavy atom. The molecule has 5 nitrogen and oxygen atoms in total. The monoisotopic (exact) mass is 323 g/mol. The van der Waals surface area contributed by atoms with Gasteiger partial charge in [0.25, 0.3) is 0 Å². The third kappa shape index (κ3) is 4.81. The Kier molecular flexibility index (Phi) is 6.39. The predicted molar refractivity (Wildman–Crippen MR) is 88.8 cm³/mol. The average molecular weight is 323 g/mol. The van der Waals surface area contributed by atoms with Crippen LogP contribution in [0.3, 0.4) is 0 Å². The summed E-state index contributed by atoms with van der Waals surface area (Å²) in [6, 6.07) is 4.28. The van der Waals surface area contributed by atoms with E-state index in [1.807, 2.05) is 25.5 Å². The lowest BCUT2D eigenvalue weighted by molar-refractivity contribution is -0.135. The molecular weight excluding hydrogens is 298 g/mol. The minimum absolute atomic E-state index is 0.0707. The molecule has 22 heavy (non-hydrogen) atoms. The van der Waals surface area contributed by atoms with E-state index in [-0.39, 0.29) is 24.4 Å². The lowest BCUT2D eigenvalue weighted by Gasteiger charge is -2.25. The molecule has 1 atom stereocenters. The summed E-state index contributed by atoms with van der Waals surface area (Å²) in [6.07, 6.45) is 3.58. The number of likely N-dealkylation sites (N-methyl/N-ethyl adjacent to an activating group) is 1. The Morgan fingerprint density at radius 3 is 2.91 bits per heavy atom. The van der Waals surface area contributed by atoms with Crippen LogP contribution in [0.25, 0.3) is 0 Å². The van der Waals surface area contributed by atoms with E-state index in [0.717, 1.165) is 19.3 Å². The number of hydrogen-bond donors (Lipinski definition) is 1. The summed E-state index contributed by atoms with van der Waals surface area (Å²) >= 11 is 1.69. The maximum Gasteiger partial charge on any atom is 0.239 e. The molecule has 1 aliphatic rings. The highest BCUT2D eigenvalue weighted by Gasteiger charge is 2.21. The van der Waals surface area contributed by atoms with E-state index in [1.54, 1.807) is 16.2 Å². The van der Waals surface area contributed by atoms with Crippen LogP contribution in [0.15, 0.2) is 17.5 Å². The van der Waals surface area contributed by atoms with Crippen molar-refractivity contribution >= 4 is 23.2 Å². The first-order valence-corrected chi connectivity index (χ1v) is 8.70. The van der Waals surface area contributed by atoms with E-state index in [2.05, 4.69) is 16.3 Å². The normalized spacial score (nSPS) is 17.4. The molecule has 1 unspecified atom stereocenters. The van der Waals surface area contributed by atoms with Gasteiger partial charge in [0.05, 0.1) is 12.6 Å². The molecule has 1 aromatic rings. The van der Waals surface area contributed by atoms with Crippen molar-refractivity contribution in [3.63, 3.8) is 0 Å². The van der Waals surface area contributed by atoms with Crippen molar-refractivity contribution in [1.82, 2.24) is 15.1 Å². The molecule has 0 aromatic carbocycles. The van der Waals surface area contributed by atoms with Crippen molar-refractivity contribution in [2.75, 3.05) is 33.7 Å². The second-order valence-electron chi connectivity index (χ2n) is 5.92. The van der Waals surface area contributed by atoms with Gasteiger partial charge in [-0.05, 0) is 38.4 Å². The van der Waals surface area contributed by atoms with E-state index in [9.17, 15) is 9.59 Å². The van der Waals surface area contributed by atoms with Crippen LogP contribution in [0.5, 0.6) is 0 Å². The predicted octanol–water partition coefficient (Wildman–Crippen LogP) is 1.87. The Morgan fingerprint density at radius 1 is 1.41 bits per heavy atom. The van der Waals surface area contributed by atoms with Crippen LogP contribution in [0.2, 0.25) is 0 Å². The summed E-state index contributed by atoms with van der Waals surface area (Å²) < 4.78 is 0. The van der Waals surface area contributed by atoms with Gasteiger partial charge in [-0.15, -0.1) is 11.3 Å². The molecule has 0 aliphatic carbocycles. The summed E-state index contributed by atoms with van der Waals surface area (Å²) in [7, 11) is 4.02. The fourth-order valence-corrected chi connectivity index (χ4v) is 3.59. The van der Waals surface area contributed by atoms with Crippen LogP contribution < -0.4 is 5.32 Å². The molecule has 2 heterocycles. The molecule has 1 aliphatic heterocycles. The number of carbonyl (C=O) groups is 2. The largest absolute Gasteiger partial charge is 0.353 e. The number of likely N-dealkylation sites (tertiary alicyclic amines) is 1. The number of thiophene rings is 1. The molecule has 1 N–H and O–H groups in total. The smallest absolute Gasteiger partial charge is 0.239 e. The number of carbonyl (C=O) groups excluding carboxylic acids is 2. The van der Waals surface area contributed by atoms with Crippen molar-refractivity contribution in [3.05, 3.63) is 22.4 Å². The number of nitrogens with one attached hydrogen (secondary N) is 1. The van der Waals surface area contributed by atoms with Crippen LogP contribution in [-0.2, 0) is 9.59 Å². The second kappa shape index (κ2) is 8.29. The molecule has 0 bridgehead atoms. The highest BCUT2D eigenvalue weighted by molar-refractivity contribution is 7.10. The average Bonchev–Trinajstić information content (AvgIpc) is 2.92. The molecule has 1 aromatic heterocycles. The molecule has 0 radical (unpaired) electrons. The number of hydrogen-bond acceptors (Lipinski definition) is 4. The van der Waals surface area contributed by atoms with Gasteiger partial charge in [0, 0.05) is 24.4 Å². The van der Waals surface area contributed by atoms with Crippen molar-refractivity contribution in [3.8, 4) is 0 Å². The summed E-state index contributed by atoms with van der Waals surface area (Å²) in [6.45, 7) is 1.45. The van der Waals surface area contributed by atoms with Gasteiger partial charge in [-0.1, -0.05) is 12.5 Å². The van der Waals surface area contributed by atoms with Crippen molar-refractivity contribution in [2.24, 2.45) is 0 Å².